The van der Waals surface area contributed by atoms with E-state index in [4.69, 9.17) is 0 Å². The van der Waals surface area contributed by atoms with Crippen LogP contribution in [-0.4, -0.2) is 28.6 Å². The number of fused-ring (bicyclic) bond motifs is 3. The average Bonchev–Trinajstić information content (AvgIpc) is 2.70. The molecule has 0 amide bonds. The van der Waals surface area contributed by atoms with Crippen molar-refractivity contribution in [1.82, 2.24) is 4.90 Å². The number of rotatable bonds is 5. The van der Waals surface area contributed by atoms with Crippen LogP contribution in [0.15, 0.2) is 60.7 Å². The molecule has 3 aliphatic rings. The standard InChI is InChI=1S/C23H29NO.ClH/c1-18(24-17-19-12-14-22(24)15-13-19)16-23(25,20-8-4-2-5-9-20)21-10-6-3-7-11-21;/h2-11,18-19,22,25H,12-17H2,1H3;1H. The van der Waals surface area contributed by atoms with Crippen LogP contribution in [0.1, 0.15) is 50.2 Å². The predicted octanol–water partition coefficient (Wildman–Crippen LogP) is 5.00. The summed E-state index contributed by atoms with van der Waals surface area (Å²) in [7, 11) is 0. The molecule has 3 fully saturated rings. The van der Waals surface area contributed by atoms with E-state index in [1.807, 2.05) is 36.4 Å². The van der Waals surface area contributed by atoms with Gasteiger partial charge in [-0.05, 0) is 56.1 Å². The van der Waals surface area contributed by atoms with Gasteiger partial charge in [0, 0.05) is 18.6 Å². The molecule has 2 bridgehead atoms. The second kappa shape index (κ2) is 8.12. The third-order valence-corrected chi connectivity index (χ3v) is 6.41. The molecule has 1 aliphatic carbocycles. The van der Waals surface area contributed by atoms with E-state index in [0.717, 1.165) is 29.5 Å². The molecule has 1 saturated carbocycles. The summed E-state index contributed by atoms with van der Waals surface area (Å²) in [5.74, 6) is 0.869. The highest BCUT2D eigenvalue weighted by Crippen LogP contribution is 2.40. The van der Waals surface area contributed by atoms with Gasteiger partial charge < -0.3 is 5.11 Å². The molecule has 0 aromatic heterocycles. The first-order valence-electron chi connectivity index (χ1n) is 9.76. The van der Waals surface area contributed by atoms with E-state index in [0.29, 0.717) is 6.04 Å². The van der Waals surface area contributed by atoms with Gasteiger partial charge in [-0.25, -0.2) is 0 Å². The molecule has 5 rings (SSSR count). The van der Waals surface area contributed by atoms with Crippen molar-refractivity contribution in [2.24, 2.45) is 5.92 Å². The van der Waals surface area contributed by atoms with Crippen LogP contribution in [0.2, 0.25) is 0 Å². The molecule has 1 atom stereocenters. The van der Waals surface area contributed by atoms with Gasteiger partial charge in [0.25, 0.3) is 0 Å². The molecule has 2 aliphatic heterocycles. The third kappa shape index (κ3) is 3.69. The number of hydrogen-bond donors (Lipinski definition) is 1. The molecule has 0 radical (unpaired) electrons. The lowest BCUT2D eigenvalue weighted by molar-refractivity contribution is -0.0195. The SMILES string of the molecule is CC(CC(O)(c1ccccc1)c1ccccc1)N1CC2CCC1CC2.Cl. The maximum Gasteiger partial charge on any atom is 0.116 e. The third-order valence-electron chi connectivity index (χ3n) is 6.41. The highest BCUT2D eigenvalue weighted by atomic mass is 35.5. The van der Waals surface area contributed by atoms with Crippen molar-refractivity contribution in [3.05, 3.63) is 71.8 Å². The molecule has 2 aromatic carbocycles. The maximum absolute atomic E-state index is 11.8. The van der Waals surface area contributed by atoms with Crippen LogP contribution in [0.4, 0.5) is 0 Å². The molecular weight excluding hydrogens is 342 g/mol. The van der Waals surface area contributed by atoms with Crippen molar-refractivity contribution in [2.75, 3.05) is 6.54 Å². The van der Waals surface area contributed by atoms with Crippen LogP contribution in [0, 0.1) is 5.92 Å². The van der Waals surface area contributed by atoms with Gasteiger partial charge in [0.2, 0.25) is 0 Å². The Kier molecular flexibility index (Phi) is 6.06. The summed E-state index contributed by atoms with van der Waals surface area (Å²) in [6.45, 7) is 3.52. The number of nitrogens with zero attached hydrogens (tertiary/aromatic N) is 1. The molecule has 26 heavy (non-hydrogen) atoms. The van der Waals surface area contributed by atoms with Crippen molar-refractivity contribution >= 4 is 12.4 Å². The number of hydrogen-bond acceptors (Lipinski definition) is 2. The Morgan fingerprint density at radius 1 is 0.923 bits per heavy atom. The summed E-state index contributed by atoms with van der Waals surface area (Å²) in [5, 5.41) is 11.8. The van der Waals surface area contributed by atoms with Gasteiger partial charge in [-0.1, -0.05) is 60.7 Å². The van der Waals surface area contributed by atoms with Crippen LogP contribution in [0.3, 0.4) is 0 Å². The van der Waals surface area contributed by atoms with Crippen molar-refractivity contribution in [1.29, 1.82) is 0 Å². The highest BCUT2D eigenvalue weighted by molar-refractivity contribution is 5.85. The Hall–Kier alpha value is -1.35. The van der Waals surface area contributed by atoms with Gasteiger partial charge in [0.1, 0.15) is 5.60 Å². The smallest absolute Gasteiger partial charge is 0.116 e. The monoisotopic (exact) mass is 371 g/mol. The van der Waals surface area contributed by atoms with Crippen LogP contribution < -0.4 is 0 Å². The fourth-order valence-corrected chi connectivity index (χ4v) is 5.02. The van der Waals surface area contributed by atoms with E-state index in [1.165, 1.54) is 32.2 Å². The molecule has 2 nitrogen and oxygen atoms in total. The van der Waals surface area contributed by atoms with Gasteiger partial charge in [-0.3, -0.25) is 4.90 Å². The van der Waals surface area contributed by atoms with Gasteiger partial charge in [0.15, 0.2) is 0 Å². The molecule has 140 valence electrons. The Balaban J connectivity index is 0.00000196. The highest BCUT2D eigenvalue weighted by Gasteiger charge is 2.40. The molecule has 2 heterocycles. The van der Waals surface area contributed by atoms with E-state index in [2.05, 4.69) is 36.1 Å². The number of benzene rings is 2. The first-order valence-corrected chi connectivity index (χ1v) is 9.76. The minimum Gasteiger partial charge on any atom is -0.380 e. The van der Waals surface area contributed by atoms with E-state index in [9.17, 15) is 5.11 Å². The van der Waals surface area contributed by atoms with E-state index < -0.39 is 5.60 Å². The van der Waals surface area contributed by atoms with Gasteiger partial charge in [0.05, 0.1) is 0 Å². The second-order valence-corrected chi connectivity index (χ2v) is 8.02. The lowest BCUT2D eigenvalue weighted by Gasteiger charge is -2.49. The maximum atomic E-state index is 11.8. The van der Waals surface area contributed by atoms with Gasteiger partial charge >= 0.3 is 0 Å². The summed E-state index contributed by atoms with van der Waals surface area (Å²) < 4.78 is 0. The molecule has 1 N–H and O–H groups in total. The number of piperidine rings is 2. The first kappa shape index (κ1) is 19.4. The Bertz CT molecular complexity index is 642. The number of aliphatic hydroxyl groups is 1. The second-order valence-electron chi connectivity index (χ2n) is 8.02. The van der Waals surface area contributed by atoms with Crippen LogP contribution in [-0.2, 0) is 5.60 Å². The largest absolute Gasteiger partial charge is 0.380 e. The lowest BCUT2D eigenvalue weighted by Crippen LogP contribution is -2.53. The van der Waals surface area contributed by atoms with E-state index in [1.54, 1.807) is 0 Å². The Labute approximate surface area is 163 Å². The number of halogens is 1. The van der Waals surface area contributed by atoms with E-state index in [-0.39, 0.29) is 12.4 Å². The zero-order chi connectivity index (χ0) is 17.3. The topological polar surface area (TPSA) is 23.5 Å². The van der Waals surface area contributed by atoms with Gasteiger partial charge in [-0.15, -0.1) is 12.4 Å². The van der Waals surface area contributed by atoms with Crippen molar-refractivity contribution in [3.63, 3.8) is 0 Å². The summed E-state index contributed by atoms with van der Waals surface area (Å²) in [4.78, 5) is 2.68. The molecular formula is C23H30ClNO. The fraction of sp³-hybridized carbons (Fsp3) is 0.478. The van der Waals surface area contributed by atoms with Crippen LogP contribution >= 0.6 is 12.4 Å². The van der Waals surface area contributed by atoms with Crippen LogP contribution in [0.25, 0.3) is 0 Å². The minimum atomic E-state index is -0.932. The summed E-state index contributed by atoms with van der Waals surface area (Å²) in [5.41, 5.74) is 1.06. The summed E-state index contributed by atoms with van der Waals surface area (Å²) >= 11 is 0. The summed E-state index contributed by atoms with van der Waals surface area (Å²) in [6, 6.07) is 21.5. The zero-order valence-corrected chi connectivity index (χ0v) is 16.4. The molecule has 1 unspecified atom stereocenters. The minimum absolute atomic E-state index is 0. The predicted molar refractivity (Wildman–Crippen MR) is 110 cm³/mol. The quantitative estimate of drug-likeness (QED) is 0.799. The Morgan fingerprint density at radius 2 is 1.42 bits per heavy atom. The fourth-order valence-electron chi connectivity index (χ4n) is 5.02. The molecule has 0 spiro atoms. The van der Waals surface area contributed by atoms with Gasteiger partial charge in [-0.2, -0.15) is 0 Å². The summed E-state index contributed by atoms with van der Waals surface area (Å²) in [6.07, 6.45) is 6.21. The molecule has 3 heteroatoms. The van der Waals surface area contributed by atoms with E-state index >= 15 is 0 Å². The van der Waals surface area contributed by atoms with Crippen molar-refractivity contribution < 1.29 is 5.11 Å². The lowest BCUT2D eigenvalue weighted by atomic mass is 9.76. The van der Waals surface area contributed by atoms with Crippen LogP contribution in [0.5, 0.6) is 0 Å². The zero-order valence-electron chi connectivity index (χ0n) is 15.6. The van der Waals surface area contributed by atoms with Crippen molar-refractivity contribution in [2.45, 2.75) is 56.7 Å². The molecule has 2 aromatic rings. The van der Waals surface area contributed by atoms with Crippen molar-refractivity contribution in [3.8, 4) is 0 Å². The first-order chi connectivity index (χ1) is 12.2. The Morgan fingerprint density at radius 3 is 1.85 bits per heavy atom. The average molecular weight is 372 g/mol. The molecule has 2 saturated heterocycles. The normalized spacial score (nSPS) is 24.1.